The highest BCUT2D eigenvalue weighted by molar-refractivity contribution is 5.91. The van der Waals surface area contributed by atoms with Crippen molar-refractivity contribution in [3.63, 3.8) is 0 Å². The van der Waals surface area contributed by atoms with Crippen LogP contribution >= 0.6 is 0 Å². The van der Waals surface area contributed by atoms with Crippen LogP contribution in [-0.4, -0.2) is 18.8 Å². The van der Waals surface area contributed by atoms with E-state index in [0.29, 0.717) is 0 Å². The first kappa shape index (κ1) is 12.8. The summed E-state index contributed by atoms with van der Waals surface area (Å²) < 4.78 is 4.78. The van der Waals surface area contributed by atoms with Crippen molar-refractivity contribution in [2.75, 3.05) is 7.11 Å². The van der Waals surface area contributed by atoms with Crippen LogP contribution in [0.5, 0.6) is 0 Å². The van der Waals surface area contributed by atoms with E-state index in [2.05, 4.69) is 19.1 Å². The van der Waals surface area contributed by atoms with E-state index in [-0.39, 0.29) is 17.9 Å². The van der Waals surface area contributed by atoms with Gasteiger partial charge in [-0.1, -0.05) is 30.3 Å². The largest absolute Gasteiger partial charge is 0.469 e. The molecule has 0 aromatic heterocycles. The zero-order chi connectivity index (χ0) is 13.0. The van der Waals surface area contributed by atoms with Crippen LogP contribution in [0.3, 0.4) is 0 Å². The minimum Gasteiger partial charge on any atom is -0.469 e. The zero-order valence-corrected chi connectivity index (χ0v) is 10.9. The van der Waals surface area contributed by atoms with Crippen molar-refractivity contribution in [2.24, 2.45) is 10.9 Å². The Morgan fingerprint density at radius 2 is 2.11 bits per heavy atom. The third-order valence-electron chi connectivity index (χ3n) is 3.46. The third kappa shape index (κ3) is 2.97. The summed E-state index contributed by atoms with van der Waals surface area (Å²) in [7, 11) is 1.45. The fourth-order valence-corrected chi connectivity index (χ4v) is 2.39. The molecular weight excluding hydrogens is 226 g/mol. The standard InChI is InChI=1S/C15H19NO2/c1-11(12-6-4-3-5-7-12)16-14-9-8-13(10-14)15(17)18-2/h3-7,11,13H,8-10H2,1-2H3. The maximum atomic E-state index is 11.4. The van der Waals surface area contributed by atoms with Crippen molar-refractivity contribution in [1.29, 1.82) is 0 Å². The molecule has 0 N–H and O–H groups in total. The second-order valence-electron chi connectivity index (χ2n) is 4.74. The summed E-state index contributed by atoms with van der Waals surface area (Å²) in [5.41, 5.74) is 2.35. The van der Waals surface area contributed by atoms with Gasteiger partial charge in [-0.05, 0) is 31.7 Å². The summed E-state index contributed by atoms with van der Waals surface area (Å²) in [6.07, 6.45) is 2.54. The normalized spacial score (nSPS) is 23.0. The maximum Gasteiger partial charge on any atom is 0.309 e. The number of aliphatic imine (C=N–C) groups is 1. The van der Waals surface area contributed by atoms with E-state index in [1.807, 2.05) is 18.2 Å². The van der Waals surface area contributed by atoms with Gasteiger partial charge in [-0.3, -0.25) is 9.79 Å². The molecule has 0 heterocycles. The van der Waals surface area contributed by atoms with E-state index in [0.717, 1.165) is 25.0 Å². The van der Waals surface area contributed by atoms with Crippen LogP contribution in [0.2, 0.25) is 0 Å². The highest BCUT2D eigenvalue weighted by Gasteiger charge is 2.27. The van der Waals surface area contributed by atoms with E-state index in [9.17, 15) is 4.79 Å². The Bertz CT molecular complexity index is 439. The van der Waals surface area contributed by atoms with Crippen molar-refractivity contribution in [1.82, 2.24) is 0 Å². The van der Waals surface area contributed by atoms with Crippen molar-refractivity contribution in [2.45, 2.75) is 32.2 Å². The Morgan fingerprint density at radius 3 is 2.78 bits per heavy atom. The Kier molecular flexibility index (Phi) is 4.13. The number of ether oxygens (including phenoxy) is 1. The minimum atomic E-state index is -0.104. The molecule has 0 radical (unpaired) electrons. The summed E-state index contributed by atoms with van der Waals surface area (Å²) in [5, 5.41) is 0. The molecule has 0 aliphatic heterocycles. The van der Waals surface area contributed by atoms with Crippen LogP contribution in [-0.2, 0) is 9.53 Å². The van der Waals surface area contributed by atoms with Gasteiger partial charge >= 0.3 is 5.97 Å². The molecule has 18 heavy (non-hydrogen) atoms. The summed E-state index contributed by atoms with van der Waals surface area (Å²) in [5.74, 6) is -0.0933. The van der Waals surface area contributed by atoms with Crippen LogP contribution in [0.4, 0.5) is 0 Å². The predicted octanol–water partition coefficient (Wildman–Crippen LogP) is 3.16. The van der Waals surface area contributed by atoms with Gasteiger partial charge in [0.15, 0.2) is 0 Å². The number of carbonyl (C=O) groups excluding carboxylic acids is 1. The smallest absolute Gasteiger partial charge is 0.309 e. The summed E-state index contributed by atoms with van der Waals surface area (Å²) in [6, 6.07) is 10.4. The molecule has 3 heteroatoms. The molecule has 0 saturated heterocycles. The first-order chi connectivity index (χ1) is 8.70. The van der Waals surface area contributed by atoms with E-state index >= 15 is 0 Å². The fourth-order valence-electron chi connectivity index (χ4n) is 2.39. The van der Waals surface area contributed by atoms with Gasteiger partial charge in [0, 0.05) is 5.71 Å². The topological polar surface area (TPSA) is 38.7 Å². The zero-order valence-electron chi connectivity index (χ0n) is 10.9. The summed E-state index contributed by atoms with van der Waals surface area (Å²) in [6.45, 7) is 2.09. The molecule has 1 fully saturated rings. The Hall–Kier alpha value is -1.64. The number of hydrogen-bond acceptors (Lipinski definition) is 3. The molecule has 1 aromatic carbocycles. The summed E-state index contributed by atoms with van der Waals surface area (Å²) in [4.78, 5) is 16.2. The lowest BCUT2D eigenvalue weighted by molar-refractivity contribution is -0.145. The Morgan fingerprint density at radius 1 is 1.39 bits per heavy atom. The van der Waals surface area contributed by atoms with Gasteiger partial charge in [0.1, 0.15) is 0 Å². The maximum absolute atomic E-state index is 11.4. The lowest BCUT2D eigenvalue weighted by Gasteiger charge is -2.08. The number of rotatable bonds is 3. The number of nitrogens with zero attached hydrogens (tertiary/aromatic N) is 1. The molecule has 0 amide bonds. The van der Waals surface area contributed by atoms with Gasteiger partial charge < -0.3 is 4.74 Å². The molecular formula is C15H19NO2. The molecule has 2 unspecified atom stereocenters. The summed E-state index contributed by atoms with van der Waals surface area (Å²) >= 11 is 0. The number of esters is 1. The lowest BCUT2D eigenvalue weighted by Crippen LogP contribution is -2.12. The second kappa shape index (κ2) is 5.80. The molecule has 1 aromatic rings. The average molecular weight is 245 g/mol. The fraction of sp³-hybridized carbons (Fsp3) is 0.467. The number of methoxy groups -OCH3 is 1. The van der Waals surface area contributed by atoms with E-state index < -0.39 is 0 Å². The van der Waals surface area contributed by atoms with Gasteiger partial charge in [-0.25, -0.2) is 0 Å². The van der Waals surface area contributed by atoms with Crippen molar-refractivity contribution in [3.05, 3.63) is 35.9 Å². The Labute approximate surface area is 108 Å². The van der Waals surface area contributed by atoms with Crippen molar-refractivity contribution < 1.29 is 9.53 Å². The third-order valence-corrected chi connectivity index (χ3v) is 3.46. The van der Waals surface area contributed by atoms with Crippen LogP contribution in [0.15, 0.2) is 35.3 Å². The molecule has 1 aliphatic rings. The first-order valence-corrected chi connectivity index (χ1v) is 6.39. The molecule has 2 rings (SSSR count). The highest BCUT2D eigenvalue weighted by Crippen LogP contribution is 2.27. The number of carbonyl (C=O) groups is 1. The van der Waals surface area contributed by atoms with E-state index in [4.69, 9.17) is 9.73 Å². The molecule has 1 saturated carbocycles. The number of hydrogen-bond donors (Lipinski definition) is 0. The molecule has 2 atom stereocenters. The van der Waals surface area contributed by atoms with Crippen LogP contribution in [0, 0.1) is 5.92 Å². The first-order valence-electron chi connectivity index (χ1n) is 6.39. The predicted molar refractivity (Wildman–Crippen MR) is 71.6 cm³/mol. The van der Waals surface area contributed by atoms with E-state index in [1.165, 1.54) is 12.7 Å². The Balaban J connectivity index is 2.01. The van der Waals surface area contributed by atoms with Gasteiger partial charge in [-0.2, -0.15) is 0 Å². The van der Waals surface area contributed by atoms with Crippen LogP contribution in [0.25, 0.3) is 0 Å². The molecule has 1 aliphatic carbocycles. The lowest BCUT2D eigenvalue weighted by atomic mass is 10.1. The molecule has 3 nitrogen and oxygen atoms in total. The highest BCUT2D eigenvalue weighted by atomic mass is 16.5. The number of benzene rings is 1. The second-order valence-corrected chi connectivity index (χ2v) is 4.74. The minimum absolute atomic E-state index is 0.0109. The quantitative estimate of drug-likeness (QED) is 0.767. The van der Waals surface area contributed by atoms with Crippen LogP contribution in [0.1, 0.15) is 37.8 Å². The molecule has 96 valence electrons. The van der Waals surface area contributed by atoms with Crippen molar-refractivity contribution in [3.8, 4) is 0 Å². The van der Waals surface area contributed by atoms with Gasteiger partial charge in [0.2, 0.25) is 0 Å². The van der Waals surface area contributed by atoms with E-state index in [1.54, 1.807) is 0 Å². The van der Waals surface area contributed by atoms with Gasteiger partial charge in [-0.15, -0.1) is 0 Å². The van der Waals surface area contributed by atoms with Gasteiger partial charge in [0.25, 0.3) is 0 Å². The SMILES string of the molecule is COC(=O)C1CCC(=NC(C)c2ccccc2)C1. The molecule has 0 spiro atoms. The molecule has 0 bridgehead atoms. The van der Waals surface area contributed by atoms with Gasteiger partial charge in [0.05, 0.1) is 19.1 Å². The monoisotopic (exact) mass is 245 g/mol. The van der Waals surface area contributed by atoms with Crippen molar-refractivity contribution >= 4 is 11.7 Å². The average Bonchev–Trinajstić information content (AvgIpc) is 2.87. The van der Waals surface area contributed by atoms with Crippen LogP contribution < -0.4 is 0 Å².